The quantitative estimate of drug-likeness (QED) is 0.832. The lowest BCUT2D eigenvalue weighted by Crippen LogP contribution is -2.47. The maximum absolute atomic E-state index is 12.7. The molecular formula is C14H16N2O4. The average Bonchev–Trinajstić information content (AvgIpc) is 2.69. The monoisotopic (exact) mass is 276 g/mol. The summed E-state index contributed by atoms with van der Waals surface area (Å²) in [5.41, 5.74) is -0.260. The highest BCUT2D eigenvalue weighted by Gasteiger charge is 2.54. The molecule has 1 saturated heterocycles. The van der Waals surface area contributed by atoms with Gasteiger partial charge in [-0.2, -0.15) is 0 Å². The summed E-state index contributed by atoms with van der Waals surface area (Å²) in [7, 11) is 1.54. The number of fused-ring (bicyclic) bond motifs is 2. The smallest absolute Gasteiger partial charge is 0.325 e. The number of nitrogens with zero attached hydrogens (tertiary/aromatic N) is 1. The molecule has 6 heteroatoms. The van der Waals surface area contributed by atoms with Crippen molar-refractivity contribution in [3.8, 4) is 5.75 Å². The fraction of sp³-hybridized carbons (Fsp3) is 0.429. The summed E-state index contributed by atoms with van der Waals surface area (Å²) in [5.74, 6) is 0.427. The highest BCUT2D eigenvalue weighted by molar-refractivity contribution is 6.07. The number of carbonyl (C=O) groups is 2. The SMILES string of the molecule is COCCN1C(=O)N[C@@]2(CCOc3ccccc32)C1=O. The number of amides is 3. The van der Waals surface area contributed by atoms with Crippen LogP contribution in [0, 0.1) is 0 Å². The van der Waals surface area contributed by atoms with Crippen LogP contribution in [0.25, 0.3) is 0 Å². The van der Waals surface area contributed by atoms with Crippen molar-refractivity contribution in [2.45, 2.75) is 12.0 Å². The number of nitrogens with one attached hydrogen (secondary N) is 1. The number of carbonyl (C=O) groups excluding carboxylic acids is 2. The maximum atomic E-state index is 12.7. The summed E-state index contributed by atoms with van der Waals surface area (Å²) in [6.07, 6.45) is 0.443. The van der Waals surface area contributed by atoms with Gasteiger partial charge in [0.2, 0.25) is 0 Å². The predicted molar refractivity (Wildman–Crippen MR) is 70.4 cm³/mol. The number of imide groups is 1. The van der Waals surface area contributed by atoms with Gasteiger partial charge < -0.3 is 14.8 Å². The number of hydrogen-bond acceptors (Lipinski definition) is 4. The van der Waals surface area contributed by atoms with E-state index in [1.807, 2.05) is 24.3 Å². The Kier molecular flexibility index (Phi) is 3.10. The Morgan fingerprint density at radius 3 is 3.00 bits per heavy atom. The molecule has 6 nitrogen and oxygen atoms in total. The molecule has 1 N–H and O–H groups in total. The molecule has 106 valence electrons. The fourth-order valence-electron chi connectivity index (χ4n) is 2.76. The lowest BCUT2D eigenvalue weighted by atomic mass is 9.84. The van der Waals surface area contributed by atoms with Crippen LogP contribution in [0.4, 0.5) is 4.79 Å². The molecule has 3 rings (SSSR count). The Morgan fingerprint density at radius 2 is 2.20 bits per heavy atom. The molecule has 1 fully saturated rings. The van der Waals surface area contributed by atoms with Gasteiger partial charge in [-0.1, -0.05) is 18.2 Å². The number of methoxy groups -OCH3 is 1. The van der Waals surface area contributed by atoms with Crippen LogP contribution >= 0.6 is 0 Å². The van der Waals surface area contributed by atoms with Gasteiger partial charge in [-0.15, -0.1) is 0 Å². The van der Waals surface area contributed by atoms with Crippen molar-refractivity contribution < 1.29 is 19.1 Å². The van der Waals surface area contributed by atoms with Crippen molar-refractivity contribution in [3.63, 3.8) is 0 Å². The van der Waals surface area contributed by atoms with Crippen LogP contribution in [-0.2, 0) is 15.1 Å². The second-order valence-electron chi connectivity index (χ2n) is 4.88. The molecule has 1 aromatic rings. The van der Waals surface area contributed by atoms with Crippen LogP contribution < -0.4 is 10.1 Å². The van der Waals surface area contributed by atoms with Gasteiger partial charge in [0.15, 0.2) is 5.54 Å². The minimum absolute atomic E-state index is 0.227. The number of urea groups is 1. The van der Waals surface area contributed by atoms with Crippen LogP contribution in [0.15, 0.2) is 24.3 Å². The normalized spacial score (nSPS) is 24.6. The summed E-state index contributed by atoms with van der Waals surface area (Å²) in [5, 5.41) is 2.84. The van der Waals surface area contributed by atoms with Crippen molar-refractivity contribution in [1.82, 2.24) is 10.2 Å². The van der Waals surface area contributed by atoms with E-state index in [9.17, 15) is 9.59 Å². The van der Waals surface area contributed by atoms with E-state index in [1.165, 1.54) is 12.0 Å². The van der Waals surface area contributed by atoms with E-state index in [4.69, 9.17) is 9.47 Å². The third kappa shape index (κ3) is 1.76. The van der Waals surface area contributed by atoms with Crippen molar-refractivity contribution in [2.24, 2.45) is 0 Å². The van der Waals surface area contributed by atoms with E-state index in [2.05, 4.69) is 5.32 Å². The first-order valence-electron chi connectivity index (χ1n) is 6.54. The molecule has 0 aliphatic carbocycles. The Labute approximate surface area is 116 Å². The van der Waals surface area contributed by atoms with Gasteiger partial charge >= 0.3 is 6.03 Å². The average molecular weight is 276 g/mol. The first-order valence-corrected chi connectivity index (χ1v) is 6.54. The van der Waals surface area contributed by atoms with Gasteiger partial charge in [-0.25, -0.2) is 4.79 Å². The van der Waals surface area contributed by atoms with E-state index < -0.39 is 5.54 Å². The zero-order valence-electron chi connectivity index (χ0n) is 11.2. The number of benzene rings is 1. The molecular weight excluding hydrogens is 260 g/mol. The van der Waals surface area contributed by atoms with Gasteiger partial charge in [0.25, 0.3) is 5.91 Å². The molecule has 0 aromatic heterocycles. The highest BCUT2D eigenvalue weighted by Crippen LogP contribution is 2.40. The van der Waals surface area contributed by atoms with E-state index >= 15 is 0 Å². The molecule has 0 unspecified atom stereocenters. The number of rotatable bonds is 3. The number of ether oxygens (including phenoxy) is 2. The van der Waals surface area contributed by atoms with Crippen LogP contribution in [0.1, 0.15) is 12.0 Å². The zero-order valence-corrected chi connectivity index (χ0v) is 11.2. The van der Waals surface area contributed by atoms with Crippen molar-refractivity contribution >= 4 is 11.9 Å². The van der Waals surface area contributed by atoms with Crippen LogP contribution in [0.3, 0.4) is 0 Å². The molecule has 0 radical (unpaired) electrons. The van der Waals surface area contributed by atoms with Gasteiger partial charge in [0.05, 0.1) is 19.8 Å². The summed E-state index contributed by atoms with van der Waals surface area (Å²) in [4.78, 5) is 26.0. The predicted octanol–water partition coefficient (Wildman–Crippen LogP) is 0.863. The number of para-hydroxylation sites is 1. The van der Waals surface area contributed by atoms with Crippen LogP contribution in [-0.4, -0.2) is 43.7 Å². The highest BCUT2D eigenvalue weighted by atomic mass is 16.5. The van der Waals surface area contributed by atoms with E-state index in [0.29, 0.717) is 25.4 Å². The minimum atomic E-state index is -0.986. The first kappa shape index (κ1) is 12.9. The van der Waals surface area contributed by atoms with Gasteiger partial charge in [0, 0.05) is 19.1 Å². The van der Waals surface area contributed by atoms with Gasteiger partial charge in [-0.3, -0.25) is 9.69 Å². The molecule has 0 bridgehead atoms. The van der Waals surface area contributed by atoms with Crippen LogP contribution in [0.5, 0.6) is 5.75 Å². The molecule has 1 aromatic carbocycles. The third-order valence-corrected chi connectivity index (χ3v) is 3.78. The summed E-state index contributed by atoms with van der Waals surface area (Å²) >= 11 is 0. The summed E-state index contributed by atoms with van der Waals surface area (Å²) in [6, 6.07) is 6.96. The third-order valence-electron chi connectivity index (χ3n) is 3.78. The van der Waals surface area contributed by atoms with Crippen molar-refractivity contribution in [3.05, 3.63) is 29.8 Å². The van der Waals surface area contributed by atoms with E-state index in [1.54, 1.807) is 0 Å². The molecule has 3 amide bonds. The lowest BCUT2D eigenvalue weighted by molar-refractivity contribution is -0.133. The largest absolute Gasteiger partial charge is 0.493 e. The van der Waals surface area contributed by atoms with E-state index in [-0.39, 0.29) is 18.5 Å². The topological polar surface area (TPSA) is 67.9 Å². The molecule has 2 aliphatic heterocycles. The van der Waals surface area contributed by atoms with Gasteiger partial charge in [-0.05, 0) is 6.07 Å². The Morgan fingerprint density at radius 1 is 1.40 bits per heavy atom. The minimum Gasteiger partial charge on any atom is -0.493 e. The molecule has 1 atom stereocenters. The molecule has 0 saturated carbocycles. The van der Waals surface area contributed by atoms with E-state index in [0.717, 1.165) is 5.56 Å². The van der Waals surface area contributed by atoms with Gasteiger partial charge in [0.1, 0.15) is 5.75 Å². The maximum Gasteiger partial charge on any atom is 0.325 e. The molecule has 2 aliphatic rings. The zero-order chi connectivity index (χ0) is 14.2. The molecule has 1 spiro atoms. The lowest BCUT2D eigenvalue weighted by Gasteiger charge is -2.33. The Balaban J connectivity index is 1.98. The van der Waals surface area contributed by atoms with Crippen molar-refractivity contribution in [1.29, 1.82) is 0 Å². The first-order chi connectivity index (χ1) is 9.69. The van der Waals surface area contributed by atoms with Crippen molar-refractivity contribution in [2.75, 3.05) is 26.9 Å². The fourth-order valence-corrected chi connectivity index (χ4v) is 2.76. The Bertz CT molecular complexity index is 560. The van der Waals surface area contributed by atoms with Crippen LogP contribution in [0.2, 0.25) is 0 Å². The molecule has 2 heterocycles. The Hall–Kier alpha value is -2.08. The number of hydrogen-bond donors (Lipinski definition) is 1. The summed E-state index contributed by atoms with van der Waals surface area (Å²) < 4.78 is 10.5. The second kappa shape index (κ2) is 4.79. The standard InChI is InChI=1S/C14H16N2O4/c1-19-9-7-16-12(17)14(15-13(16)18)6-8-20-11-5-3-2-4-10(11)14/h2-5H,6-9H2,1H3,(H,15,18)/t14-/m1/s1. The summed E-state index contributed by atoms with van der Waals surface area (Å²) in [6.45, 7) is 0.987. The second-order valence-corrected chi connectivity index (χ2v) is 4.88. The molecule has 20 heavy (non-hydrogen) atoms.